The van der Waals surface area contributed by atoms with Crippen LogP contribution in [0.5, 0.6) is 11.5 Å². The zero-order valence-electron chi connectivity index (χ0n) is 14.3. The topological polar surface area (TPSA) is 30.5 Å². The molecule has 0 saturated heterocycles. The summed E-state index contributed by atoms with van der Waals surface area (Å²) in [6, 6.07) is 10.3. The third kappa shape index (κ3) is 4.46. The summed E-state index contributed by atoms with van der Waals surface area (Å²) in [5.41, 5.74) is 4.76. The fraction of sp³-hybridized carbons (Fsp3) is 0.300. The maximum atomic E-state index is 5.70. The highest BCUT2D eigenvalue weighted by Gasteiger charge is 2.12. The van der Waals surface area contributed by atoms with Crippen LogP contribution in [0, 0.1) is 26.2 Å². The van der Waals surface area contributed by atoms with Crippen LogP contribution in [0.15, 0.2) is 34.8 Å². The first kappa shape index (κ1) is 18.2. The molecule has 0 radical (unpaired) electrons. The number of hydrogen-bond acceptors (Lipinski definition) is 3. The first-order chi connectivity index (χ1) is 11.6. The van der Waals surface area contributed by atoms with Crippen molar-refractivity contribution < 1.29 is 9.47 Å². The molecular weight excluding hydrogens is 366 g/mol. The second kappa shape index (κ2) is 8.65. The number of rotatable bonds is 7. The molecule has 3 nitrogen and oxygen atoms in total. The van der Waals surface area contributed by atoms with E-state index < -0.39 is 0 Å². The Morgan fingerprint density at radius 1 is 1.21 bits per heavy atom. The zero-order chi connectivity index (χ0) is 17.5. The predicted molar refractivity (Wildman–Crippen MR) is 103 cm³/mol. The molecule has 0 atom stereocenters. The molecule has 4 heteroatoms. The van der Waals surface area contributed by atoms with Crippen LogP contribution in [0.4, 0.5) is 5.69 Å². The van der Waals surface area contributed by atoms with E-state index in [-0.39, 0.29) is 6.61 Å². The van der Waals surface area contributed by atoms with E-state index in [0.29, 0.717) is 24.7 Å². The molecule has 0 saturated carbocycles. The van der Waals surface area contributed by atoms with Crippen molar-refractivity contribution in [2.45, 2.75) is 27.3 Å². The maximum Gasteiger partial charge on any atom is 0.176 e. The molecule has 0 unspecified atom stereocenters. The predicted octanol–water partition coefficient (Wildman–Crippen LogP) is 5.09. The quantitative estimate of drug-likeness (QED) is 0.671. The Kier molecular flexibility index (Phi) is 6.57. The summed E-state index contributed by atoms with van der Waals surface area (Å²) in [4.78, 5) is 0. The maximum absolute atomic E-state index is 5.70. The summed E-state index contributed by atoms with van der Waals surface area (Å²) in [7, 11) is 0. The van der Waals surface area contributed by atoms with Gasteiger partial charge < -0.3 is 14.8 Å². The van der Waals surface area contributed by atoms with Crippen molar-refractivity contribution in [1.29, 1.82) is 0 Å². The second-order valence-corrected chi connectivity index (χ2v) is 6.29. The molecule has 2 aromatic carbocycles. The number of hydrogen-bond donors (Lipinski definition) is 1. The number of nitrogens with one attached hydrogen (secondary N) is 1. The van der Waals surface area contributed by atoms with Crippen LogP contribution in [-0.2, 0) is 6.54 Å². The first-order valence-electron chi connectivity index (χ1n) is 7.88. The molecule has 0 aromatic heterocycles. The Hall–Kier alpha value is -2.12. The van der Waals surface area contributed by atoms with Crippen molar-refractivity contribution in [1.82, 2.24) is 0 Å². The van der Waals surface area contributed by atoms with Gasteiger partial charge in [-0.25, -0.2) is 0 Å². The number of benzene rings is 2. The van der Waals surface area contributed by atoms with Crippen molar-refractivity contribution in [3.05, 3.63) is 51.5 Å². The number of anilines is 1. The Balaban J connectivity index is 2.21. The van der Waals surface area contributed by atoms with Gasteiger partial charge in [-0.05, 0) is 71.6 Å². The van der Waals surface area contributed by atoms with E-state index in [2.05, 4.69) is 59.2 Å². The van der Waals surface area contributed by atoms with Crippen LogP contribution in [0.25, 0.3) is 0 Å². The molecule has 2 aromatic rings. The van der Waals surface area contributed by atoms with E-state index in [4.69, 9.17) is 15.9 Å². The molecule has 0 spiro atoms. The standard InChI is InChI=1S/C20H22BrNO2/c1-5-10-24-20-17(21)11-16(12-19(20)23-6-2)13-22-18-9-7-8-14(3)15(18)4/h1,7-9,11-12,22H,6,10,13H2,2-4H3. The van der Waals surface area contributed by atoms with E-state index in [9.17, 15) is 0 Å². The fourth-order valence-electron chi connectivity index (χ4n) is 2.38. The number of terminal acetylenes is 1. The molecule has 0 aliphatic rings. The first-order valence-corrected chi connectivity index (χ1v) is 8.67. The third-order valence-corrected chi connectivity index (χ3v) is 4.35. The molecule has 0 aliphatic heterocycles. The normalized spacial score (nSPS) is 10.1. The monoisotopic (exact) mass is 387 g/mol. The van der Waals surface area contributed by atoms with Crippen molar-refractivity contribution in [3.63, 3.8) is 0 Å². The highest BCUT2D eigenvalue weighted by molar-refractivity contribution is 9.10. The van der Waals surface area contributed by atoms with Gasteiger partial charge in [0.25, 0.3) is 0 Å². The molecule has 0 amide bonds. The number of aryl methyl sites for hydroxylation is 1. The van der Waals surface area contributed by atoms with Gasteiger partial charge in [-0.2, -0.15) is 0 Å². The van der Waals surface area contributed by atoms with Crippen molar-refractivity contribution in [2.24, 2.45) is 0 Å². The van der Waals surface area contributed by atoms with Crippen LogP contribution >= 0.6 is 15.9 Å². The Bertz CT molecular complexity index is 750. The molecule has 0 heterocycles. The van der Waals surface area contributed by atoms with Crippen LogP contribution in [0.2, 0.25) is 0 Å². The largest absolute Gasteiger partial charge is 0.490 e. The minimum absolute atomic E-state index is 0.207. The molecule has 0 fully saturated rings. The van der Waals surface area contributed by atoms with Crippen LogP contribution < -0.4 is 14.8 Å². The molecule has 24 heavy (non-hydrogen) atoms. The SMILES string of the molecule is C#CCOc1c(Br)cc(CNc2cccc(C)c2C)cc1OCC. The van der Waals surface area contributed by atoms with E-state index in [1.165, 1.54) is 11.1 Å². The summed E-state index contributed by atoms with van der Waals surface area (Å²) >= 11 is 3.55. The smallest absolute Gasteiger partial charge is 0.176 e. The Morgan fingerprint density at radius 2 is 2.00 bits per heavy atom. The van der Waals surface area contributed by atoms with Crippen LogP contribution in [-0.4, -0.2) is 13.2 Å². The van der Waals surface area contributed by atoms with Crippen molar-refractivity contribution in [2.75, 3.05) is 18.5 Å². The van der Waals surface area contributed by atoms with Gasteiger partial charge in [0.05, 0.1) is 11.1 Å². The molecular formula is C20H22BrNO2. The van der Waals surface area contributed by atoms with Crippen molar-refractivity contribution in [3.8, 4) is 23.8 Å². The summed E-state index contributed by atoms with van der Waals surface area (Å²) in [6.45, 7) is 7.64. The van der Waals surface area contributed by atoms with E-state index in [1.807, 2.05) is 19.1 Å². The lowest BCUT2D eigenvalue weighted by molar-refractivity contribution is 0.297. The molecule has 2 rings (SSSR count). The van der Waals surface area contributed by atoms with Crippen LogP contribution in [0.3, 0.4) is 0 Å². The second-order valence-electron chi connectivity index (χ2n) is 5.43. The third-order valence-electron chi connectivity index (χ3n) is 3.76. The highest BCUT2D eigenvalue weighted by atomic mass is 79.9. The number of ether oxygens (including phenoxy) is 2. The fourth-order valence-corrected chi connectivity index (χ4v) is 2.98. The lowest BCUT2D eigenvalue weighted by Gasteiger charge is -2.16. The van der Waals surface area contributed by atoms with Gasteiger partial charge >= 0.3 is 0 Å². The van der Waals surface area contributed by atoms with Crippen LogP contribution in [0.1, 0.15) is 23.6 Å². The lowest BCUT2D eigenvalue weighted by Crippen LogP contribution is -2.05. The molecule has 0 bridgehead atoms. The molecule has 0 aliphatic carbocycles. The van der Waals surface area contributed by atoms with E-state index in [0.717, 1.165) is 15.7 Å². The van der Waals surface area contributed by atoms with Gasteiger partial charge in [0.15, 0.2) is 11.5 Å². The van der Waals surface area contributed by atoms with Gasteiger partial charge in [-0.3, -0.25) is 0 Å². The van der Waals surface area contributed by atoms with E-state index in [1.54, 1.807) is 0 Å². The highest BCUT2D eigenvalue weighted by Crippen LogP contribution is 2.37. The zero-order valence-corrected chi connectivity index (χ0v) is 15.9. The lowest BCUT2D eigenvalue weighted by atomic mass is 10.1. The summed E-state index contributed by atoms with van der Waals surface area (Å²) < 4.78 is 12.1. The van der Waals surface area contributed by atoms with Gasteiger partial charge in [0.1, 0.15) is 6.61 Å². The van der Waals surface area contributed by atoms with Crippen molar-refractivity contribution >= 4 is 21.6 Å². The Labute approximate surface area is 152 Å². The molecule has 126 valence electrons. The minimum Gasteiger partial charge on any atom is -0.490 e. The number of halogens is 1. The summed E-state index contributed by atoms with van der Waals surface area (Å²) in [6.07, 6.45) is 5.28. The molecule has 1 N–H and O–H groups in total. The summed E-state index contributed by atoms with van der Waals surface area (Å²) in [5.74, 6) is 3.81. The van der Waals surface area contributed by atoms with Gasteiger partial charge in [0, 0.05) is 12.2 Å². The minimum atomic E-state index is 0.207. The van der Waals surface area contributed by atoms with E-state index >= 15 is 0 Å². The van der Waals surface area contributed by atoms with Gasteiger partial charge in [-0.1, -0.05) is 18.1 Å². The summed E-state index contributed by atoms with van der Waals surface area (Å²) in [5, 5.41) is 3.48. The average Bonchev–Trinajstić information content (AvgIpc) is 2.56. The average molecular weight is 388 g/mol. The van der Waals surface area contributed by atoms with Gasteiger partial charge in [0.2, 0.25) is 0 Å². The Morgan fingerprint density at radius 3 is 2.71 bits per heavy atom. The van der Waals surface area contributed by atoms with Gasteiger partial charge in [-0.15, -0.1) is 6.42 Å².